The van der Waals surface area contributed by atoms with Crippen molar-refractivity contribution in [3.05, 3.63) is 35.9 Å². The molecule has 0 aliphatic carbocycles. The van der Waals surface area contributed by atoms with E-state index in [1.807, 2.05) is 0 Å². The molecule has 2 saturated heterocycles. The van der Waals surface area contributed by atoms with Gasteiger partial charge in [0.25, 0.3) is 0 Å². The summed E-state index contributed by atoms with van der Waals surface area (Å²) in [5.74, 6) is 1.43. The molecule has 26 heavy (non-hydrogen) atoms. The Morgan fingerprint density at radius 2 is 1.96 bits per heavy atom. The number of fused-ring (bicyclic) bond motifs is 1. The molecule has 0 amide bonds. The monoisotopic (exact) mass is 376 g/mol. The third-order valence-corrected chi connectivity index (χ3v) is 5.46. The molecular formula is C20H29ClN4O. The predicted octanol–water partition coefficient (Wildman–Crippen LogP) is 2.32. The SMILES string of the molecule is Cl.OC1CNCC1CNCc1cc2ccccc2nc1N1CCCCC1. The molecule has 2 aliphatic rings. The van der Waals surface area contributed by atoms with Gasteiger partial charge < -0.3 is 20.6 Å². The summed E-state index contributed by atoms with van der Waals surface area (Å²) in [4.78, 5) is 7.43. The summed E-state index contributed by atoms with van der Waals surface area (Å²) >= 11 is 0. The number of rotatable bonds is 5. The molecule has 2 atom stereocenters. The summed E-state index contributed by atoms with van der Waals surface area (Å²) in [6.07, 6.45) is 3.59. The highest BCUT2D eigenvalue weighted by atomic mass is 35.5. The summed E-state index contributed by atoms with van der Waals surface area (Å²) in [5.41, 5.74) is 2.34. The Kier molecular flexibility index (Phi) is 6.70. The van der Waals surface area contributed by atoms with Gasteiger partial charge in [0.1, 0.15) is 5.82 Å². The minimum absolute atomic E-state index is 0. The number of halogens is 1. The molecule has 5 nitrogen and oxygen atoms in total. The van der Waals surface area contributed by atoms with Crippen LogP contribution >= 0.6 is 12.4 Å². The summed E-state index contributed by atoms with van der Waals surface area (Å²) in [6.45, 7) is 5.44. The van der Waals surface area contributed by atoms with E-state index < -0.39 is 0 Å². The molecule has 3 N–H and O–H groups in total. The number of nitrogens with zero attached hydrogens (tertiary/aromatic N) is 2. The molecule has 2 fully saturated rings. The lowest BCUT2D eigenvalue weighted by Crippen LogP contribution is -2.33. The number of hydrogen-bond acceptors (Lipinski definition) is 5. The molecule has 2 unspecified atom stereocenters. The van der Waals surface area contributed by atoms with E-state index in [1.54, 1.807) is 0 Å². The fourth-order valence-corrected chi connectivity index (χ4v) is 3.98. The zero-order valence-corrected chi connectivity index (χ0v) is 16.0. The lowest BCUT2D eigenvalue weighted by Gasteiger charge is -2.30. The van der Waals surface area contributed by atoms with Crippen LogP contribution in [0.15, 0.2) is 30.3 Å². The molecule has 0 bridgehead atoms. The summed E-state index contributed by atoms with van der Waals surface area (Å²) in [5, 5.41) is 18.0. The normalized spacial score (nSPS) is 23.2. The maximum atomic E-state index is 9.96. The Hall–Kier alpha value is -1.40. The van der Waals surface area contributed by atoms with Crippen LogP contribution < -0.4 is 15.5 Å². The summed E-state index contributed by atoms with van der Waals surface area (Å²) in [7, 11) is 0. The largest absolute Gasteiger partial charge is 0.391 e. The fourth-order valence-electron chi connectivity index (χ4n) is 3.98. The lowest BCUT2D eigenvalue weighted by atomic mass is 10.1. The van der Waals surface area contributed by atoms with Crippen LogP contribution in [-0.4, -0.2) is 48.9 Å². The number of pyridine rings is 1. The van der Waals surface area contributed by atoms with Crippen LogP contribution in [-0.2, 0) is 6.54 Å². The zero-order chi connectivity index (χ0) is 17.1. The van der Waals surface area contributed by atoms with Crippen LogP contribution in [0.3, 0.4) is 0 Å². The smallest absolute Gasteiger partial charge is 0.133 e. The molecule has 6 heteroatoms. The van der Waals surface area contributed by atoms with Crippen LogP contribution in [0, 0.1) is 5.92 Å². The van der Waals surface area contributed by atoms with E-state index in [1.165, 1.54) is 30.2 Å². The quantitative estimate of drug-likeness (QED) is 0.747. The Balaban J connectivity index is 0.00000196. The number of piperidine rings is 1. The van der Waals surface area contributed by atoms with Gasteiger partial charge >= 0.3 is 0 Å². The van der Waals surface area contributed by atoms with Crippen LogP contribution in [0.1, 0.15) is 24.8 Å². The second-order valence-electron chi connectivity index (χ2n) is 7.33. The lowest BCUT2D eigenvalue weighted by molar-refractivity contribution is 0.146. The number of para-hydroxylation sites is 1. The van der Waals surface area contributed by atoms with E-state index >= 15 is 0 Å². The first-order valence-electron chi connectivity index (χ1n) is 9.54. The Labute approximate surface area is 161 Å². The summed E-state index contributed by atoms with van der Waals surface area (Å²) < 4.78 is 0. The summed E-state index contributed by atoms with van der Waals surface area (Å²) in [6, 6.07) is 10.6. The number of aromatic nitrogens is 1. The highest BCUT2D eigenvalue weighted by Gasteiger charge is 2.24. The van der Waals surface area contributed by atoms with Gasteiger partial charge in [0.15, 0.2) is 0 Å². The second-order valence-corrected chi connectivity index (χ2v) is 7.33. The van der Waals surface area contributed by atoms with Crippen LogP contribution in [0.4, 0.5) is 5.82 Å². The average molecular weight is 377 g/mol. The number of nitrogens with one attached hydrogen (secondary N) is 2. The molecule has 3 heterocycles. The predicted molar refractivity (Wildman–Crippen MR) is 109 cm³/mol. The molecular weight excluding hydrogens is 348 g/mol. The zero-order valence-electron chi connectivity index (χ0n) is 15.2. The van der Waals surface area contributed by atoms with Gasteiger partial charge in [0, 0.05) is 56.1 Å². The van der Waals surface area contributed by atoms with Gasteiger partial charge in [-0.3, -0.25) is 0 Å². The first-order chi connectivity index (χ1) is 12.3. The van der Waals surface area contributed by atoms with Gasteiger partial charge in [0.2, 0.25) is 0 Å². The molecule has 0 spiro atoms. The molecule has 142 valence electrons. The number of anilines is 1. The molecule has 0 saturated carbocycles. The molecule has 1 aromatic carbocycles. The van der Waals surface area contributed by atoms with Crippen molar-refractivity contribution < 1.29 is 5.11 Å². The van der Waals surface area contributed by atoms with Crippen molar-refractivity contribution in [2.24, 2.45) is 5.92 Å². The first kappa shape index (κ1) is 19.4. The van der Waals surface area contributed by atoms with E-state index in [9.17, 15) is 5.11 Å². The molecule has 2 aromatic rings. The van der Waals surface area contributed by atoms with Crippen LogP contribution in [0.5, 0.6) is 0 Å². The molecule has 2 aliphatic heterocycles. The van der Waals surface area contributed by atoms with E-state index in [-0.39, 0.29) is 18.5 Å². The van der Waals surface area contributed by atoms with E-state index in [2.05, 4.69) is 45.9 Å². The Morgan fingerprint density at radius 3 is 2.73 bits per heavy atom. The fraction of sp³-hybridized carbons (Fsp3) is 0.550. The highest BCUT2D eigenvalue weighted by molar-refractivity contribution is 5.85. The molecule has 4 rings (SSSR count). The minimum atomic E-state index is -0.233. The van der Waals surface area contributed by atoms with Crippen molar-refractivity contribution in [3.8, 4) is 0 Å². The number of hydrogen-bond donors (Lipinski definition) is 3. The number of β-amino-alcohol motifs (C(OH)–C–C–N with tert-alkyl or cyclic N) is 1. The van der Waals surface area contributed by atoms with Crippen molar-refractivity contribution in [1.29, 1.82) is 0 Å². The van der Waals surface area contributed by atoms with Gasteiger partial charge in [0.05, 0.1) is 11.6 Å². The number of aliphatic hydroxyl groups excluding tert-OH is 1. The van der Waals surface area contributed by atoms with Crippen molar-refractivity contribution >= 4 is 29.1 Å². The molecule has 1 aromatic heterocycles. The number of aliphatic hydroxyl groups is 1. The first-order valence-corrected chi connectivity index (χ1v) is 9.54. The van der Waals surface area contributed by atoms with Gasteiger partial charge in [-0.25, -0.2) is 4.98 Å². The molecule has 0 radical (unpaired) electrons. The number of benzene rings is 1. The topological polar surface area (TPSA) is 60.4 Å². The standard InChI is InChI=1S/C20H28N4O.ClH/c25-19-14-22-13-17(19)12-21-11-16-10-15-6-2-3-7-18(15)23-20(16)24-8-4-1-5-9-24;/h2-3,6-7,10,17,19,21-22,25H,1,4-5,8-9,11-14H2;1H. The van der Waals surface area contributed by atoms with Crippen molar-refractivity contribution in [2.75, 3.05) is 37.6 Å². The maximum Gasteiger partial charge on any atom is 0.133 e. The Bertz CT molecular complexity index is 720. The maximum absolute atomic E-state index is 9.96. The average Bonchev–Trinajstić information content (AvgIpc) is 3.07. The Morgan fingerprint density at radius 1 is 1.15 bits per heavy atom. The van der Waals surface area contributed by atoms with Crippen molar-refractivity contribution in [2.45, 2.75) is 31.9 Å². The van der Waals surface area contributed by atoms with Gasteiger partial charge in [-0.05, 0) is 31.4 Å². The minimum Gasteiger partial charge on any atom is -0.391 e. The van der Waals surface area contributed by atoms with Crippen LogP contribution in [0.25, 0.3) is 10.9 Å². The highest BCUT2D eigenvalue weighted by Crippen LogP contribution is 2.26. The van der Waals surface area contributed by atoms with Gasteiger partial charge in [-0.15, -0.1) is 12.4 Å². The second kappa shape index (κ2) is 9.00. The van der Waals surface area contributed by atoms with E-state index in [0.29, 0.717) is 12.5 Å². The van der Waals surface area contributed by atoms with Crippen LogP contribution in [0.2, 0.25) is 0 Å². The van der Waals surface area contributed by atoms with Crippen molar-refractivity contribution in [3.63, 3.8) is 0 Å². The third kappa shape index (κ3) is 4.29. The van der Waals surface area contributed by atoms with E-state index in [4.69, 9.17) is 4.98 Å². The van der Waals surface area contributed by atoms with Crippen molar-refractivity contribution in [1.82, 2.24) is 15.6 Å². The third-order valence-electron chi connectivity index (χ3n) is 5.46. The van der Waals surface area contributed by atoms with E-state index in [0.717, 1.165) is 44.1 Å². The van der Waals surface area contributed by atoms with Gasteiger partial charge in [-0.1, -0.05) is 18.2 Å². The van der Waals surface area contributed by atoms with Gasteiger partial charge in [-0.2, -0.15) is 0 Å².